The van der Waals surface area contributed by atoms with Gasteiger partial charge in [-0.25, -0.2) is 4.98 Å². The normalized spacial score (nSPS) is 12.1. The van der Waals surface area contributed by atoms with Crippen LogP contribution in [0.2, 0.25) is 0 Å². The number of carbonyl (C=O) groups excluding carboxylic acids is 1. The fourth-order valence-corrected chi connectivity index (χ4v) is 4.50. The number of thiophene rings is 1. The minimum absolute atomic E-state index is 0.267. The fraction of sp³-hybridized carbons (Fsp3) is 0.174. The summed E-state index contributed by atoms with van der Waals surface area (Å²) in [6, 6.07) is 16.4. The van der Waals surface area contributed by atoms with Crippen molar-refractivity contribution >= 4 is 27.5 Å². The Bertz CT molecular complexity index is 1280. The second-order valence-electron chi connectivity index (χ2n) is 6.97. The standard InChI is InChI=1S/C23H21N3O3S/c1-14(21(24)27)26-19(12-16-10-6-7-11-18(16)29-2)25-22-20(23(26)28)17(13-30-22)15-8-4-3-5-9-15/h3-11,13-14H,12H2,1-2H3,(H2,24,27). The van der Waals surface area contributed by atoms with Crippen LogP contribution in [0.5, 0.6) is 5.75 Å². The predicted octanol–water partition coefficient (Wildman–Crippen LogP) is 3.77. The maximum Gasteiger partial charge on any atom is 0.263 e. The number of methoxy groups -OCH3 is 1. The number of aromatic nitrogens is 2. The van der Waals surface area contributed by atoms with Gasteiger partial charge in [0.05, 0.1) is 12.5 Å². The topological polar surface area (TPSA) is 87.2 Å². The Hall–Kier alpha value is -3.45. The molecule has 2 heterocycles. The third kappa shape index (κ3) is 3.48. The summed E-state index contributed by atoms with van der Waals surface area (Å²) in [4.78, 5) is 31.0. The van der Waals surface area contributed by atoms with Crippen molar-refractivity contribution in [2.24, 2.45) is 5.73 Å². The second kappa shape index (κ2) is 8.12. The average molecular weight is 420 g/mol. The van der Waals surface area contributed by atoms with Crippen LogP contribution in [0.3, 0.4) is 0 Å². The minimum atomic E-state index is -0.831. The number of nitrogens with zero attached hydrogens (tertiary/aromatic N) is 2. The summed E-state index contributed by atoms with van der Waals surface area (Å²) in [6.07, 6.45) is 0.339. The fourth-order valence-electron chi connectivity index (χ4n) is 3.55. The van der Waals surface area contributed by atoms with E-state index >= 15 is 0 Å². The number of para-hydroxylation sites is 1. The first kappa shape index (κ1) is 19.8. The first-order valence-corrected chi connectivity index (χ1v) is 10.4. The molecule has 7 heteroatoms. The molecule has 1 amide bonds. The van der Waals surface area contributed by atoms with Gasteiger partial charge in [-0.05, 0) is 18.6 Å². The van der Waals surface area contributed by atoms with Gasteiger partial charge < -0.3 is 10.5 Å². The summed E-state index contributed by atoms with van der Waals surface area (Å²) in [6.45, 7) is 1.62. The van der Waals surface area contributed by atoms with E-state index in [2.05, 4.69) is 0 Å². The van der Waals surface area contributed by atoms with Crippen molar-refractivity contribution in [2.75, 3.05) is 7.11 Å². The van der Waals surface area contributed by atoms with Crippen LogP contribution in [-0.4, -0.2) is 22.6 Å². The third-order valence-corrected chi connectivity index (χ3v) is 6.01. The van der Waals surface area contributed by atoms with Crippen molar-refractivity contribution < 1.29 is 9.53 Å². The summed E-state index contributed by atoms with van der Waals surface area (Å²) in [5.74, 6) is 0.585. The Kier molecular flexibility index (Phi) is 5.37. The summed E-state index contributed by atoms with van der Waals surface area (Å²) in [5.41, 5.74) is 7.92. The maximum atomic E-state index is 13.6. The highest BCUT2D eigenvalue weighted by Crippen LogP contribution is 2.32. The lowest BCUT2D eigenvalue weighted by Gasteiger charge is -2.18. The first-order chi connectivity index (χ1) is 14.5. The number of carbonyl (C=O) groups is 1. The summed E-state index contributed by atoms with van der Waals surface area (Å²) < 4.78 is 6.85. The van der Waals surface area contributed by atoms with Crippen LogP contribution in [-0.2, 0) is 11.2 Å². The number of amides is 1. The van der Waals surface area contributed by atoms with Crippen LogP contribution in [0.4, 0.5) is 0 Å². The lowest BCUT2D eigenvalue weighted by molar-refractivity contribution is -0.120. The van der Waals surface area contributed by atoms with Crippen molar-refractivity contribution in [2.45, 2.75) is 19.4 Å². The number of hydrogen-bond acceptors (Lipinski definition) is 5. The van der Waals surface area contributed by atoms with Crippen LogP contribution in [0.15, 0.2) is 64.8 Å². The molecule has 1 unspecified atom stereocenters. The number of ether oxygens (including phenoxy) is 1. The molecule has 30 heavy (non-hydrogen) atoms. The van der Waals surface area contributed by atoms with Gasteiger partial charge in [0.25, 0.3) is 5.56 Å². The quantitative estimate of drug-likeness (QED) is 0.515. The molecule has 152 valence electrons. The Morgan fingerprint density at radius 1 is 1.17 bits per heavy atom. The molecule has 0 saturated carbocycles. The van der Waals surface area contributed by atoms with Gasteiger partial charge in [0, 0.05) is 22.9 Å². The number of rotatable bonds is 6. The molecule has 0 bridgehead atoms. The number of benzene rings is 2. The monoisotopic (exact) mass is 419 g/mol. The Morgan fingerprint density at radius 2 is 1.87 bits per heavy atom. The van der Waals surface area contributed by atoms with Gasteiger partial charge >= 0.3 is 0 Å². The van der Waals surface area contributed by atoms with Gasteiger partial charge in [-0.1, -0.05) is 48.5 Å². The van der Waals surface area contributed by atoms with E-state index in [1.54, 1.807) is 14.0 Å². The Balaban J connectivity index is 1.96. The van der Waals surface area contributed by atoms with Crippen LogP contribution in [0, 0.1) is 0 Å². The van der Waals surface area contributed by atoms with Crippen molar-refractivity contribution in [3.8, 4) is 16.9 Å². The Labute approximate surface area is 177 Å². The molecule has 0 saturated heterocycles. The van der Waals surface area contributed by atoms with Crippen LogP contribution < -0.4 is 16.0 Å². The van der Waals surface area contributed by atoms with Crippen LogP contribution in [0.25, 0.3) is 21.3 Å². The molecule has 6 nitrogen and oxygen atoms in total. The molecule has 2 aromatic heterocycles. The molecule has 2 aromatic carbocycles. The molecule has 0 spiro atoms. The van der Waals surface area contributed by atoms with E-state index in [-0.39, 0.29) is 5.56 Å². The van der Waals surface area contributed by atoms with Crippen molar-refractivity contribution in [3.63, 3.8) is 0 Å². The van der Waals surface area contributed by atoms with Crippen LogP contribution >= 0.6 is 11.3 Å². The molecule has 1 atom stereocenters. The third-order valence-electron chi connectivity index (χ3n) is 5.14. The van der Waals surface area contributed by atoms with Gasteiger partial charge in [-0.3, -0.25) is 14.2 Å². The molecule has 4 aromatic rings. The summed E-state index contributed by atoms with van der Waals surface area (Å²) in [7, 11) is 1.60. The van der Waals surface area contributed by atoms with E-state index in [0.29, 0.717) is 28.2 Å². The molecular formula is C23H21N3O3S. The SMILES string of the molecule is COc1ccccc1Cc1nc2scc(-c3ccccc3)c2c(=O)n1C(C)C(N)=O. The first-order valence-electron chi connectivity index (χ1n) is 9.50. The number of fused-ring (bicyclic) bond motifs is 1. The highest BCUT2D eigenvalue weighted by atomic mass is 32.1. The Morgan fingerprint density at radius 3 is 2.57 bits per heavy atom. The number of hydrogen-bond donors (Lipinski definition) is 1. The molecule has 0 fully saturated rings. The van der Waals surface area contributed by atoms with Gasteiger partial charge in [0.15, 0.2) is 0 Å². The second-order valence-corrected chi connectivity index (χ2v) is 7.82. The molecule has 0 aliphatic rings. The van der Waals surface area contributed by atoms with E-state index in [0.717, 1.165) is 16.7 Å². The summed E-state index contributed by atoms with van der Waals surface area (Å²) in [5, 5.41) is 2.43. The van der Waals surface area contributed by atoms with Crippen LogP contribution in [0.1, 0.15) is 24.4 Å². The van der Waals surface area contributed by atoms with Crippen molar-refractivity contribution in [3.05, 3.63) is 81.7 Å². The summed E-state index contributed by atoms with van der Waals surface area (Å²) >= 11 is 1.41. The molecular weight excluding hydrogens is 398 g/mol. The minimum Gasteiger partial charge on any atom is -0.496 e. The van der Waals surface area contributed by atoms with Gasteiger partial charge in [-0.15, -0.1) is 11.3 Å². The van der Waals surface area contributed by atoms with E-state index < -0.39 is 11.9 Å². The molecule has 4 rings (SSSR count). The zero-order chi connectivity index (χ0) is 21.3. The van der Waals surface area contributed by atoms with Crippen molar-refractivity contribution in [1.82, 2.24) is 9.55 Å². The highest BCUT2D eigenvalue weighted by Gasteiger charge is 2.23. The molecule has 2 N–H and O–H groups in total. The smallest absolute Gasteiger partial charge is 0.263 e. The van der Waals surface area contributed by atoms with Gasteiger partial charge in [-0.2, -0.15) is 0 Å². The highest BCUT2D eigenvalue weighted by molar-refractivity contribution is 7.17. The van der Waals surface area contributed by atoms with Gasteiger partial charge in [0.1, 0.15) is 22.4 Å². The lowest BCUT2D eigenvalue weighted by atomic mass is 10.1. The largest absolute Gasteiger partial charge is 0.496 e. The number of primary amides is 1. The van der Waals surface area contributed by atoms with E-state index in [4.69, 9.17) is 15.5 Å². The zero-order valence-electron chi connectivity index (χ0n) is 16.7. The lowest BCUT2D eigenvalue weighted by Crippen LogP contribution is -2.35. The molecule has 0 radical (unpaired) electrons. The van der Waals surface area contributed by atoms with E-state index in [9.17, 15) is 9.59 Å². The van der Waals surface area contributed by atoms with Gasteiger partial charge in [0.2, 0.25) is 5.91 Å². The molecule has 0 aliphatic carbocycles. The molecule has 0 aliphatic heterocycles. The van der Waals surface area contributed by atoms with E-state index in [1.165, 1.54) is 15.9 Å². The van der Waals surface area contributed by atoms with Crippen molar-refractivity contribution in [1.29, 1.82) is 0 Å². The predicted molar refractivity (Wildman–Crippen MR) is 119 cm³/mol. The number of nitrogens with two attached hydrogens (primary N) is 1. The average Bonchev–Trinajstić information content (AvgIpc) is 3.19. The zero-order valence-corrected chi connectivity index (χ0v) is 17.5. The van der Waals surface area contributed by atoms with E-state index in [1.807, 2.05) is 60.0 Å². The maximum absolute atomic E-state index is 13.6.